The van der Waals surface area contributed by atoms with Gasteiger partial charge in [0.15, 0.2) is 0 Å². The van der Waals surface area contributed by atoms with E-state index in [0.29, 0.717) is 6.61 Å². The Labute approximate surface area is 73.7 Å². The maximum atomic E-state index is 11.5. The normalized spacial score (nSPS) is 30.6. The smallest absolute Gasteiger partial charge is 0.313 e. The number of carbonyl (C=O) groups is 1. The van der Waals surface area contributed by atoms with Gasteiger partial charge in [-0.1, -0.05) is 0 Å². The van der Waals surface area contributed by atoms with Gasteiger partial charge in [0.1, 0.15) is 0 Å². The van der Waals surface area contributed by atoms with Crippen LogP contribution in [-0.2, 0) is 9.53 Å². The Hall–Kier alpha value is -0.570. The lowest BCUT2D eigenvalue weighted by molar-refractivity contribution is -0.153. The number of carbonyl (C=O) groups excluding carboxylic acids is 1. The summed E-state index contributed by atoms with van der Waals surface area (Å²) < 4.78 is 5.01. The van der Waals surface area contributed by atoms with E-state index in [2.05, 4.69) is 4.90 Å². The van der Waals surface area contributed by atoms with Gasteiger partial charge in [-0.05, 0) is 33.9 Å². The number of likely N-dealkylation sites (tertiary alicyclic amines) is 1. The third-order valence-corrected chi connectivity index (χ3v) is 2.43. The predicted molar refractivity (Wildman–Crippen MR) is 46.9 cm³/mol. The number of ether oxygens (including phenoxy) is 1. The van der Waals surface area contributed by atoms with Gasteiger partial charge in [0.05, 0.1) is 12.0 Å². The van der Waals surface area contributed by atoms with Crippen LogP contribution in [-0.4, -0.2) is 37.6 Å². The second-order valence-corrected chi connectivity index (χ2v) is 3.77. The lowest BCUT2D eigenvalue weighted by Crippen LogP contribution is -2.32. The minimum Gasteiger partial charge on any atom is -0.466 e. The molecule has 0 aromatic heterocycles. The summed E-state index contributed by atoms with van der Waals surface area (Å²) in [7, 11) is 2.03. The van der Waals surface area contributed by atoms with Crippen molar-refractivity contribution in [1.82, 2.24) is 4.90 Å². The van der Waals surface area contributed by atoms with Crippen molar-refractivity contribution in [3.05, 3.63) is 0 Å². The van der Waals surface area contributed by atoms with Crippen LogP contribution in [0, 0.1) is 5.41 Å². The molecule has 0 N–H and O–H groups in total. The summed E-state index contributed by atoms with van der Waals surface area (Å²) in [5.74, 6) is -0.0469. The van der Waals surface area contributed by atoms with Crippen molar-refractivity contribution < 1.29 is 9.53 Å². The van der Waals surface area contributed by atoms with Crippen LogP contribution >= 0.6 is 0 Å². The molecule has 1 aliphatic heterocycles. The Morgan fingerprint density at radius 2 is 2.33 bits per heavy atom. The van der Waals surface area contributed by atoms with Crippen LogP contribution in [0.2, 0.25) is 0 Å². The highest BCUT2D eigenvalue weighted by atomic mass is 16.5. The first-order valence-electron chi connectivity index (χ1n) is 4.44. The van der Waals surface area contributed by atoms with Crippen molar-refractivity contribution in [2.75, 3.05) is 26.7 Å². The number of nitrogens with zero attached hydrogens (tertiary/aromatic N) is 1. The molecule has 70 valence electrons. The van der Waals surface area contributed by atoms with Crippen molar-refractivity contribution in [3.8, 4) is 0 Å². The first kappa shape index (κ1) is 9.52. The van der Waals surface area contributed by atoms with E-state index >= 15 is 0 Å². The second-order valence-electron chi connectivity index (χ2n) is 3.77. The monoisotopic (exact) mass is 171 g/mol. The van der Waals surface area contributed by atoms with E-state index in [4.69, 9.17) is 4.74 Å². The molecule has 1 rings (SSSR count). The van der Waals surface area contributed by atoms with E-state index in [0.717, 1.165) is 19.5 Å². The Morgan fingerprint density at radius 3 is 2.75 bits per heavy atom. The molecule has 0 aromatic carbocycles. The van der Waals surface area contributed by atoms with Gasteiger partial charge in [-0.3, -0.25) is 4.79 Å². The summed E-state index contributed by atoms with van der Waals surface area (Å²) in [6.07, 6.45) is 0.919. The number of hydrogen-bond donors (Lipinski definition) is 0. The van der Waals surface area contributed by atoms with Gasteiger partial charge in [0, 0.05) is 6.54 Å². The quantitative estimate of drug-likeness (QED) is 0.578. The molecular formula is C9H17NO2. The fourth-order valence-electron chi connectivity index (χ4n) is 1.66. The largest absolute Gasteiger partial charge is 0.466 e. The van der Waals surface area contributed by atoms with Crippen LogP contribution in [0.1, 0.15) is 20.3 Å². The molecule has 1 saturated heterocycles. The summed E-state index contributed by atoms with van der Waals surface area (Å²) in [6, 6.07) is 0. The lowest BCUT2D eigenvalue weighted by Gasteiger charge is -2.20. The number of hydrogen-bond acceptors (Lipinski definition) is 3. The van der Waals surface area contributed by atoms with E-state index in [-0.39, 0.29) is 11.4 Å². The summed E-state index contributed by atoms with van der Waals surface area (Å²) >= 11 is 0. The van der Waals surface area contributed by atoms with E-state index in [1.807, 2.05) is 20.9 Å². The topological polar surface area (TPSA) is 29.5 Å². The third-order valence-electron chi connectivity index (χ3n) is 2.43. The molecule has 1 aliphatic rings. The Bertz CT molecular complexity index is 181. The molecule has 0 spiro atoms. The zero-order valence-corrected chi connectivity index (χ0v) is 8.09. The van der Waals surface area contributed by atoms with Crippen molar-refractivity contribution in [2.24, 2.45) is 5.41 Å². The van der Waals surface area contributed by atoms with Gasteiger partial charge in [-0.2, -0.15) is 0 Å². The average Bonchev–Trinajstić information content (AvgIpc) is 2.33. The molecule has 1 atom stereocenters. The fourth-order valence-corrected chi connectivity index (χ4v) is 1.66. The van der Waals surface area contributed by atoms with Crippen LogP contribution < -0.4 is 0 Å². The zero-order valence-electron chi connectivity index (χ0n) is 8.09. The Kier molecular flexibility index (Phi) is 2.73. The van der Waals surface area contributed by atoms with Crippen LogP contribution in [0.15, 0.2) is 0 Å². The minimum absolute atomic E-state index is 0.0469. The highest BCUT2D eigenvalue weighted by Crippen LogP contribution is 2.30. The number of esters is 1. The van der Waals surface area contributed by atoms with Gasteiger partial charge in [-0.25, -0.2) is 0 Å². The predicted octanol–water partition coefficient (Wildman–Crippen LogP) is 0.891. The third kappa shape index (κ3) is 1.78. The molecule has 1 unspecified atom stereocenters. The standard InChI is InChI=1S/C9H17NO2/c1-4-12-8(11)9(2)5-6-10(3)7-9/h4-7H2,1-3H3. The minimum atomic E-state index is -0.259. The summed E-state index contributed by atoms with van der Waals surface area (Å²) in [5.41, 5.74) is -0.259. The molecule has 0 bridgehead atoms. The zero-order chi connectivity index (χ0) is 9.19. The van der Waals surface area contributed by atoms with Gasteiger partial charge in [0.2, 0.25) is 0 Å². The molecule has 0 radical (unpaired) electrons. The lowest BCUT2D eigenvalue weighted by atomic mass is 9.90. The first-order valence-corrected chi connectivity index (χ1v) is 4.44. The first-order chi connectivity index (χ1) is 5.58. The molecule has 1 fully saturated rings. The van der Waals surface area contributed by atoms with Gasteiger partial charge >= 0.3 is 5.97 Å². The van der Waals surface area contributed by atoms with Crippen molar-refractivity contribution in [1.29, 1.82) is 0 Å². The van der Waals surface area contributed by atoms with Crippen LogP contribution in [0.5, 0.6) is 0 Å². The molecule has 12 heavy (non-hydrogen) atoms. The van der Waals surface area contributed by atoms with Gasteiger partial charge in [0.25, 0.3) is 0 Å². The molecule has 1 heterocycles. The van der Waals surface area contributed by atoms with E-state index in [1.54, 1.807) is 0 Å². The van der Waals surface area contributed by atoms with Crippen molar-refractivity contribution >= 4 is 5.97 Å². The molecule has 3 heteroatoms. The van der Waals surface area contributed by atoms with Crippen LogP contribution in [0.4, 0.5) is 0 Å². The second kappa shape index (κ2) is 3.44. The average molecular weight is 171 g/mol. The Morgan fingerprint density at radius 1 is 1.67 bits per heavy atom. The van der Waals surface area contributed by atoms with E-state index in [1.165, 1.54) is 0 Å². The van der Waals surface area contributed by atoms with Crippen LogP contribution in [0.25, 0.3) is 0 Å². The number of rotatable bonds is 2. The summed E-state index contributed by atoms with van der Waals surface area (Å²) in [6.45, 7) is 6.13. The highest BCUT2D eigenvalue weighted by molar-refractivity contribution is 5.77. The molecule has 0 aliphatic carbocycles. The maximum Gasteiger partial charge on any atom is 0.313 e. The van der Waals surface area contributed by atoms with Crippen LogP contribution in [0.3, 0.4) is 0 Å². The van der Waals surface area contributed by atoms with Crippen molar-refractivity contribution in [3.63, 3.8) is 0 Å². The Balaban J connectivity index is 2.54. The van der Waals surface area contributed by atoms with E-state index < -0.39 is 0 Å². The SMILES string of the molecule is CCOC(=O)C1(C)CCN(C)C1. The van der Waals surface area contributed by atoms with Gasteiger partial charge in [-0.15, -0.1) is 0 Å². The molecule has 0 saturated carbocycles. The molecular weight excluding hydrogens is 154 g/mol. The molecule has 3 nitrogen and oxygen atoms in total. The maximum absolute atomic E-state index is 11.5. The summed E-state index contributed by atoms with van der Waals surface area (Å²) in [5, 5.41) is 0. The highest BCUT2D eigenvalue weighted by Gasteiger charge is 2.40. The van der Waals surface area contributed by atoms with Crippen molar-refractivity contribution in [2.45, 2.75) is 20.3 Å². The van der Waals surface area contributed by atoms with E-state index in [9.17, 15) is 4.79 Å². The molecule has 0 amide bonds. The fraction of sp³-hybridized carbons (Fsp3) is 0.889. The van der Waals surface area contributed by atoms with Gasteiger partial charge < -0.3 is 9.64 Å². The molecule has 0 aromatic rings. The summed E-state index contributed by atoms with van der Waals surface area (Å²) in [4.78, 5) is 13.6.